The molecule has 1 amide bonds. The normalized spacial score (nSPS) is 21.4. The molecular formula is C23H30N2O5S. The van der Waals surface area contributed by atoms with Gasteiger partial charge in [0.1, 0.15) is 0 Å². The standard InChI is InChI=1S/C23H30N2O5S/c1-2-3-14-29-22(26)24-20-16-23(30-17-20)10-12-25(13-11-23)31(27,28)21-9-8-18-6-4-5-7-19(18)15-21/h4-9,15,20H,2-3,10-14,16-17H2,1H3,(H,24,26). The number of rotatable bonds is 6. The van der Waals surface area contributed by atoms with Crippen LogP contribution in [0, 0.1) is 0 Å². The second-order valence-electron chi connectivity index (χ2n) is 8.44. The van der Waals surface area contributed by atoms with E-state index in [1.54, 1.807) is 16.4 Å². The highest BCUT2D eigenvalue weighted by molar-refractivity contribution is 7.89. The SMILES string of the molecule is CCCCOC(=O)NC1COC2(CCN(S(=O)(=O)c3ccc4ccccc4c3)CC2)C1. The lowest BCUT2D eigenvalue weighted by atomic mass is 9.88. The van der Waals surface area contributed by atoms with E-state index in [-0.39, 0.29) is 11.6 Å². The molecule has 1 unspecified atom stereocenters. The molecule has 0 saturated carbocycles. The van der Waals surface area contributed by atoms with Gasteiger partial charge in [-0.05, 0) is 48.6 Å². The summed E-state index contributed by atoms with van der Waals surface area (Å²) >= 11 is 0. The van der Waals surface area contributed by atoms with Gasteiger partial charge in [-0.25, -0.2) is 13.2 Å². The Morgan fingerprint density at radius 2 is 1.94 bits per heavy atom. The zero-order valence-corrected chi connectivity index (χ0v) is 18.7. The zero-order valence-electron chi connectivity index (χ0n) is 17.9. The van der Waals surface area contributed by atoms with Crippen molar-refractivity contribution < 1.29 is 22.7 Å². The van der Waals surface area contributed by atoms with Gasteiger partial charge in [-0.1, -0.05) is 43.7 Å². The van der Waals surface area contributed by atoms with Crippen molar-refractivity contribution in [3.8, 4) is 0 Å². The lowest BCUT2D eigenvalue weighted by Crippen LogP contribution is -2.47. The number of carbonyl (C=O) groups is 1. The van der Waals surface area contributed by atoms with Crippen molar-refractivity contribution >= 4 is 26.9 Å². The van der Waals surface area contributed by atoms with Gasteiger partial charge in [0.2, 0.25) is 10.0 Å². The van der Waals surface area contributed by atoms with Gasteiger partial charge in [-0.3, -0.25) is 0 Å². The third-order valence-electron chi connectivity index (χ3n) is 6.25. The largest absolute Gasteiger partial charge is 0.450 e. The van der Waals surface area contributed by atoms with Crippen LogP contribution in [0.2, 0.25) is 0 Å². The van der Waals surface area contributed by atoms with Crippen molar-refractivity contribution in [3.63, 3.8) is 0 Å². The van der Waals surface area contributed by atoms with Crippen molar-refractivity contribution in [3.05, 3.63) is 42.5 Å². The van der Waals surface area contributed by atoms with Crippen LogP contribution in [0.5, 0.6) is 0 Å². The summed E-state index contributed by atoms with van der Waals surface area (Å²) < 4.78 is 39.1. The second kappa shape index (κ2) is 9.14. The first-order valence-corrected chi connectivity index (χ1v) is 12.4. The highest BCUT2D eigenvalue weighted by atomic mass is 32.2. The van der Waals surface area contributed by atoms with Crippen LogP contribution in [0.3, 0.4) is 0 Å². The fourth-order valence-corrected chi connectivity index (χ4v) is 5.89. The molecule has 1 N–H and O–H groups in total. The summed E-state index contributed by atoms with van der Waals surface area (Å²) in [5, 5.41) is 4.81. The van der Waals surface area contributed by atoms with Gasteiger partial charge >= 0.3 is 6.09 Å². The Hall–Kier alpha value is -2.16. The maximum Gasteiger partial charge on any atom is 0.407 e. The van der Waals surface area contributed by atoms with E-state index in [9.17, 15) is 13.2 Å². The van der Waals surface area contributed by atoms with Crippen LogP contribution in [-0.4, -0.2) is 56.8 Å². The number of nitrogens with one attached hydrogen (secondary N) is 1. The third-order valence-corrected chi connectivity index (χ3v) is 8.15. The molecule has 2 aromatic carbocycles. The first-order valence-electron chi connectivity index (χ1n) is 11.0. The Balaban J connectivity index is 1.35. The molecule has 31 heavy (non-hydrogen) atoms. The van der Waals surface area contributed by atoms with E-state index < -0.39 is 16.1 Å². The summed E-state index contributed by atoms with van der Waals surface area (Å²) in [6, 6.07) is 12.9. The average Bonchev–Trinajstić information content (AvgIpc) is 3.15. The summed E-state index contributed by atoms with van der Waals surface area (Å²) in [6.07, 6.45) is 3.32. The third kappa shape index (κ3) is 4.86. The van der Waals surface area contributed by atoms with Crippen molar-refractivity contribution in [1.82, 2.24) is 9.62 Å². The molecule has 1 spiro atoms. The Morgan fingerprint density at radius 1 is 1.19 bits per heavy atom. The summed E-state index contributed by atoms with van der Waals surface area (Å²) in [7, 11) is -3.56. The van der Waals surface area contributed by atoms with E-state index >= 15 is 0 Å². The summed E-state index contributed by atoms with van der Waals surface area (Å²) in [6.45, 7) is 3.71. The number of sulfonamides is 1. The minimum Gasteiger partial charge on any atom is -0.450 e. The monoisotopic (exact) mass is 446 g/mol. The number of benzene rings is 2. The Morgan fingerprint density at radius 3 is 2.68 bits per heavy atom. The van der Waals surface area contributed by atoms with E-state index in [1.165, 1.54) is 0 Å². The molecule has 4 rings (SSSR count). The smallest absolute Gasteiger partial charge is 0.407 e. The number of fused-ring (bicyclic) bond motifs is 1. The van der Waals surface area contributed by atoms with E-state index in [2.05, 4.69) is 5.32 Å². The fourth-order valence-electron chi connectivity index (χ4n) is 4.41. The molecule has 8 heteroatoms. The maximum atomic E-state index is 13.2. The van der Waals surface area contributed by atoms with Crippen LogP contribution < -0.4 is 5.32 Å². The van der Waals surface area contributed by atoms with Gasteiger partial charge in [0, 0.05) is 13.1 Å². The number of hydrogen-bond donors (Lipinski definition) is 1. The zero-order chi connectivity index (χ0) is 21.9. The molecule has 2 heterocycles. The highest BCUT2D eigenvalue weighted by Gasteiger charge is 2.45. The van der Waals surface area contributed by atoms with E-state index in [4.69, 9.17) is 9.47 Å². The van der Waals surface area contributed by atoms with Gasteiger partial charge in [0.15, 0.2) is 0 Å². The number of nitrogens with zero attached hydrogens (tertiary/aromatic N) is 1. The molecular weight excluding hydrogens is 416 g/mol. The van der Waals surface area contributed by atoms with E-state index in [1.807, 2.05) is 37.3 Å². The lowest BCUT2D eigenvalue weighted by Gasteiger charge is -2.38. The molecule has 7 nitrogen and oxygen atoms in total. The second-order valence-corrected chi connectivity index (χ2v) is 10.4. The summed E-state index contributed by atoms with van der Waals surface area (Å²) in [5.74, 6) is 0. The summed E-state index contributed by atoms with van der Waals surface area (Å²) in [5.41, 5.74) is -0.378. The lowest BCUT2D eigenvalue weighted by molar-refractivity contribution is -0.0311. The predicted octanol–water partition coefficient (Wildman–Crippen LogP) is 3.68. The van der Waals surface area contributed by atoms with E-state index in [0.717, 1.165) is 23.6 Å². The van der Waals surface area contributed by atoms with Crippen molar-refractivity contribution in [2.75, 3.05) is 26.3 Å². The van der Waals surface area contributed by atoms with Crippen LogP contribution >= 0.6 is 0 Å². The summed E-state index contributed by atoms with van der Waals surface area (Å²) in [4.78, 5) is 12.2. The van der Waals surface area contributed by atoms with Crippen LogP contribution in [0.4, 0.5) is 4.79 Å². The molecule has 2 aliphatic heterocycles. The van der Waals surface area contributed by atoms with Crippen molar-refractivity contribution in [2.45, 2.75) is 55.6 Å². The van der Waals surface area contributed by atoms with Gasteiger partial charge in [0.05, 0.1) is 29.8 Å². The van der Waals surface area contributed by atoms with Gasteiger partial charge in [0.25, 0.3) is 0 Å². The van der Waals surface area contributed by atoms with Crippen LogP contribution in [0.1, 0.15) is 39.0 Å². The maximum absolute atomic E-state index is 13.2. The van der Waals surface area contributed by atoms with Gasteiger partial charge < -0.3 is 14.8 Å². The topological polar surface area (TPSA) is 84.9 Å². The quantitative estimate of drug-likeness (QED) is 0.685. The van der Waals surface area contributed by atoms with Gasteiger partial charge in [-0.15, -0.1) is 0 Å². The van der Waals surface area contributed by atoms with Crippen LogP contribution in [-0.2, 0) is 19.5 Å². The molecule has 168 valence electrons. The number of alkyl carbamates (subject to hydrolysis) is 1. The number of amides is 1. The van der Waals surface area contributed by atoms with Crippen molar-refractivity contribution in [2.24, 2.45) is 0 Å². The molecule has 2 fully saturated rings. The van der Waals surface area contributed by atoms with Crippen molar-refractivity contribution in [1.29, 1.82) is 0 Å². The highest BCUT2D eigenvalue weighted by Crippen LogP contribution is 2.37. The molecule has 0 aliphatic carbocycles. The number of carbonyl (C=O) groups excluding carboxylic acids is 1. The molecule has 0 aromatic heterocycles. The van der Waals surface area contributed by atoms with Crippen LogP contribution in [0.15, 0.2) is 47.4 Å². The average molecular weight is 447 g/mol. The van der Waals surface area contributed by atoms with E-state index in [0.29, 0.717) is 50.5 Å². The van der Waals surface area contributed by atoms with Gasteiger partial charge in [-0.2, -0.15) is 4.31 Å². The Kier molecular flexibility index (Phi) is 6.50. The fraction of sp³-hybridized carbons (Fsp3) is 0.522. The molecule has 2 aromatic rings. The minimum atomic E-state index is -3.56. The molecule has 1 atom stereocenters. The molecule has 0 bridgehead atoms. The predicted molar refractivity (Wildman–Crippen MR) is 118 cm³/mol. The number of unbranched alkanes of at least 4 members (excludes halogenated alkanes) is 1. The number of piperidine rings is 1. The number of hydrogen-bond acceptors (Lipinski definition) is 5. The van der Waals surface area contributed by atoms with Crippen LogP contribution in [0.25, 0.3) is 10.8 Å². The Labute approximate surface area is 183 Å². The molecule has 2 saturated heterocycles. The first-order chi connectivity index (χ1) is 14.9. The first kappa shape index (κ1) is 22.0. The number of ether oxygens (including phenoxy) is 2. The molecule has 2 aliphatic rings. The Bertz CT molecular complexity index is 1030. The molecule has 0 radical (unpaired) electrons. The minimum absolute atomic E-state index is 0.0993.